The normalized spacial score (nSPS) is 16.3. The van der Waals surface area contributed by atoms with Crippen LogP contribution in [0.2, 0.25) is 0 Å². The molecule has 0 aliphatic heterocycles. The molecule has 0 unspecified atom stereocenters. The Balaban J connectivity index is 2.23. The van der Waals surface area contributed by atoms with Crippen LogP contribution in [0.4, 0.5) is 10.1 Å². The molecular formula is C15H20FNO2. The van der Waals surface area contributed by atoms with Gasteiger partial charge in [0.25, 0.3) is 0 Å². The number of carbonyl (C=O) groups is 1. The van der Waals surface area contributed by atoms with Gasteiger partial charge in [0.2, 0.25) is 0 Å². The van der Waals surface area contributed by atoms with E-state index in [-0.39, 0.29) is 5.56 Å². The highest BCUT2D eigenvalue weighted by Gasteiger charge is 2.21. The maximum Gasteiger partial charge on any atom is 0.338 e. The summed E-state index contributed by atoms with van der Waals surface area (Å²) in [6, 6.07) is 4.87. The number of aromatic carboxylic acids is 1. The monoisotopic (exact) mass is 265 g/mol. The van der Waals surface area contributed by atoms with E-state index < -0.39 is 11.8 Å². The van der Waals surface area contributed by atoms with E-state index in [1.54, 1.807) is 6.07 Å². The summed E-state index contributed by atoms with van der Waals surface area (Å²) >= 11 is 0. The zero-order chi connectivity index (χ0) is 13.8. The van der Waals surface area contributed by atoms with E-state index >= 15 is 0 Å². The van der Waals surface area contributed by atoms with Crippen LogP contribution in [0, 0.1) is 5.82 Å². The number of carboxylic acids is 1. The van der Waals surface area contributed by atoms with E-state index in [1.165, 1.54) is 31.4 Å². The van der Waals surface area contributed by atoms with Crippen molar-refractivity contribution < 1.29 is 14.3 Å². The largest absolute Gasteiger partial charge is 0.478 e. The number of carboxylic acid groups (broad SMARTS) is 1. The molecule has 104 valence electrons. The van der Waals surface area contributed by atoms with Gasteiger partial charge >= 0.3 is 5.97 Å². The molecule has 0 aromatic heterocycles. The first-order valence-corrected chi connectivity index (χ1v) is 6.93. The summed E-state index contributed by atoms with van der Waals surface area (Å²) in [5.41, 5.74) is 0.528. The topological polar surface area (TPSA) is 40.5 Å². The van der Waals surface area contributed by atoms with E-state index in [1.807, 2.05) is 0 Å². The number of hydrogen-bond acceptors (Lipinski definition) is 2. The molecule has 19 heavy (non-hydrogen) atoms. The molecule has 3 nitrogen and oxygen atoms in total. The summed E-state index contributed by atoms with van der Waals surface area (Å²) in [4.78, 5) is 13.0. The highest BCUT2D eigenvalue weighted by molar-refractivity contribution is 5.88. The van der Waals surface area contributed by atoms with Crippen molar-refractivity contribution in [3.05, 3.63) is 29.6 Å². The molecule has 1 fully saturated rings. The van der Waals surface area contributed by atoms with Gasteiger partial charge < -0.3 is 10.0 Å². The third-order valence-electron chi connectivity index (χ3n) is 3.87. The zero-order valence-electron chi connectivity index (χ0n) is 11.2. The molecule has 0 heterocycles. The summed E-state index contributed by atoms with van der Waals surface area (Å²) in [6.45, 7) is 2.87. The second-order valence-corrected chi connectivity index (χ2v) is 5.05. The number of nitrogens with zero attached hydrogens (tertiary/aromatic N) is 1. The Morgan fingerprint density at radius 1 is 1.37 bits per heavy atom. The summed E-state index contributed by atoms with van der Waals surface area (Å²) < 4.78 is 13.8. The molecule has 2 rings (SSSR count). The quantitative estimate of drug-likeness (QED) is 0.902. The summed E-state index contributed by atoms with van der Waals surface area (Å²) in [5, 5.41) is 8.85. The molecule has 0 amide bonds. The standard InChI is InChI=1S/C15H20FNO2/c1-2-17(11-6-4-3-5-7-11)12-8-9-13(15(18)19)14(16)10-12/h8-11H,2-7H2,1H3,(H,18,19). The Morgan fingerprint density at radius 2 is 2.05 bits per heavy atom. The molecule has 1 aliphatic rings. The van der Waals surface area contributed by atoms with E-state index in [4.69, 9.17) is 5.11 Å². The van der Waals surface area contributed by atoms with Crippen molar-refractivity contribution in [2.24, 2.45) is 0 Å². The van der Waals surface area contributed by atoms with E-state index in [0.29, 0.717) is 6.04 Å². The Morgan fingerprint density at radius 3 is 2.58 bits per heavy atom. The minimum absolute atomic E-state index is 0.261. The molecule has 1 aromatic rings. The van der Waals surface area contributed by atoms with Crippen molar-refractivity contribution >= 4 is 11.7 Å². The van der Waals surface area contributed by atoms with Crippen LogP contribution in [0.1, 0.15) is 49.4 Å². The number of halogens is 1. The number of benzene rings is 1. The van der Waals surface area contributed by atoms with Crippen molar-refractivity contribution in [3.63, 3.8) is 0 Å². The average Bonchev–Trinajstić information content (AvgIpc) is 2.40. The molecule has 0 radical (unpaired) electrons. The molecule has 4 heteroatoms. The lowest BCUT2D eigenvalue weighted by atomic mass is 9.93. The smallest absolute Gasteiger partial charge is 0.338 e. The van der Waals surface area contributed by atoms with Gasteiger partial charge in [0, 0.05) is 18.3 Å². The van der Waals surface area contributed by atoms with Crippen LogP contribution >= 0.6 is 0 Å². The van der Waals surface area contributed by atoms with Crippen LogP contribution in [0.5, 0.6) is 0 Å². The van der Waals surface area contributed by atoms with Gasteiger partial charge in [-0.3, -0.25) is 0 Å². The SMILES string of the molecule is CCN(c1ccc(C(=O)O)c(F)c1)C1CCCCC1. The molecule has 1 aromatic carbocycles. The summed E-state index contributed by atoms with van der Waals surface area (Å²) in [5.74, 6) is -1.87. The highest BCUT2D eigenvalue weighted by Crippen LogP contribution is 2.28. The molecule has 0 spiro atoms. The summed E-state index contributed by atoms with van der Waals surface area (Å²) in [7, 11) is 0. The second kappa shape index (κ2) is 6.04. The fraction of sp³-hybridized carbons (Fsp3) is 0.533. The van der Waals surface area contributed by atoms with Gasteiger partial charge in [-0.05, 0) is 38.0 Å². The predicted molar refractivity (Wildman–Crippen MR) is 73.3 cm³/mol. The molecule has 0 saturated heterocycles. The molecule has 1 N–H and O–H groups in total. The first-order chi connectivity index (χ1) is 9.13. The third kappa shape index (κ3) is 3.06. The van der Waals surface area contributed by atoms with Crippen LogP contribution in [0.25, 0.3) is 0 Å². The number of anilines is 1. The maximum atomic E-state index is 13.8. The molecule has 0 bridgehead atoms. The second-order valence-electron chi connectivity index (χ2n) is 5.05. The average molecular weight is 265 g/mol. The zero-order valence-corrected chi connectivity index (χ0v) is 11.2. The lowest BCUT2D eigenvalue weighted by Crippen LogP contribution is -2.36. The fourth-order valence-electron chi connectivity index (χ4n) is 2.90. The van der Waals surface area contributed by atoms with Crippen LogP contribution < -0.4 is 4.90 Å². The first-order valence-electron chi connectivity index (χ1n) is 6.93. The van der Waals surface area contributed by atoms with Crippen LogP contribution in [-0.2, 0) is 0 Å². The Bertz CT molecular complexity index is 455. The Hall–Kier alpha value is -1.58. The van der Waals surface area contributed by atoms with Gasteiger partial charge in [0.15, 0.2) is 0 Å². The summed E-state index contributed by atoms with van der Waals surface area (Å²) in [6.07, 6.45) is 5.99. The number of rotatable bonds is 4. The number of hydrogen-bond donors (Lipinski definition) is 1. The highest BCUT2D eigenvalue weighted by atomic mass is 19.1. The van der Waals surface area contributed by atoms with Crippen molar-refractivity contribution in [3.8, 4) is 0 Å². The molecular weight excluding hydrogens is 245 g/mol. The van der Waals surface area contributed by atoms with Gasteiger partial charge in [0.05, 0.1) is 5.56 Å². The van der Waals surface area contributed by atoms with Crippen molar-refractivity contribution in [1.82, 2.24) is 0 Å². The van der Waals surface area contributed by atoms with E-state index in [9.17, 15) is 9.18 Å². The van der Waals surface area contributed by atoms with E-state index in [0.717, 1.165) is 25.1 Å². The van der Waals surface area contributed by atoms with Gasteiger partial charge in [-0.15, -0.1) is 0 Å². The Kier molecular flexibility index (Phi) is 4.40. The Labute approximate surface area is 113 Å². The van der Waals surface area contributed by atoms with Crippen molar-refractivity contribution in [2.75, 3.05) is 11.4 Å². The van der Waals surface area contributed by atoms with Crippen molar-refractivity contribution in [1.29, 1.82) is 0 Å². The van der Waals surface area contributed by atoms with Crippen molar-refractivity contribution in [2.45, 2.75) is 45.1 Å². The van der Waals surface area contributed by atoms with Gasteiger partial charge in [-0.25, -0.2) is 9.18 Å². The fourth-order valence-corrected chi connectivity index (χ4v) is 2.90. The van der Waals surface area contributed by atoms with Gasteiger partial charge in [-0.2, -0.15) is 0 Å². The van der Waals surface area contributed by atoms with E-state index in [2.05, 4.69) is 11.8 Å². The lowest BCUT2D eigenvalue weighted by molar-refractivity contribution is 0.0692. The first kappa shape index (κ1) is 13.8. The predicted octanol–water partition coefficient (Wildman–Crippen LogP) is 3.68. The molecule has 0 atom stereocenters. The third-order valence-corrected chi connectivity index (χ3v) is 3.87. The van der Waals surface area contributed by atoms with Crippen LogP contribution in [0.3, 0.4) is 0 Å². The minimum Gasteiger partial charge on any atom is -0.478 e. The molecule has 1 saturated carbocycles. The maximum absolute atomic E-state index is 13.8. The lowest BCUT2D eigenvalue weighted by Gasteiger charge is -2.35. The van der Waals surface area contributed by atoms with Crippen LogP contribution in [0.15, 0.2) is 18.2 Å². The van der Waals surface area contributed by atoms with Gasteiger partial charge in [0.1, 0.15) is 5.82 Å². The minimum atomic E-state index is -1.22. The molecule has 1 aliphatic carbocycles. The van der Waals surface area contributed by atoms with Crippen LogP contribution in [-0.4, -0.2) is 23.7 Å². The van der Waals surface area contributed by atoms with Gasteiger partial charge in [-0.1, -0.05) is 19.3 Å².